The van der Waals surface area contributed by atoms with E-state index >= 15 is 0 Å². The Hall–Kier alpha value is -2.29. The summed E-state index contributed by atoms with van der Waals surface area (Å²) in [6, 6.07) is 5.66. The van der Waals surface area contributed by atoms with Gasteiger partial charge in [0.2, 0.25) is 11.8 Å². The smallest absolute Gasteiger partial charge is 0.406 e. The number of halogens is 3. The molecule has 0 aliphatic heterocycles. The van der Waals surface area contributed by atoms with Gasteiger partial charge >= 0.3 is 6.36 Å². The van der Waals surface area contributed by atoms with Crippen LogP contribution < -0.4 is 21.1 Å². The third-order valence-electron chi connectivity index (χ3n) is 6.45. The minimum atomic E-state index is -4.75. The molecule has 2 fully saturated rings. The molecule has 2 amide bonds. The maximum atomic E-state index is 12.5. The van der Waals surface area contributed by atoms with Crippen molar-refractivity contribution in [2.45, 2.75) is 82.8 Å². The van der Waals surface area contributed by atoms with Crippen LogP contribution in [0.2, 0.25) is 0 Å². The maximum Gasteiger partial charge on any atom is 0.573 e. The first kappa shape index (κ1) is 24.4. The van der Waals surface area contributed by atoms with Crippen molar-refractivity contribution >= 4 is 11.8 Å². The summed E-state index contributed by atoms with van der Waals surface area (Å²) in [5.74, 6) is -0.228. The lowest BCUT2D eigenvalue weighted by Gasteiger charge is -2.32. The largest absolute Gasteiger partial charge is 0.573 e. The quantitative estimate of drug-likeness (QED) is 0.583. The summed E-state index contributed by atoms with van der Waals surface area (Å²) in [5, 5.41) is 5.92. The molecule has 2 aliphatic rings. The number of nitrogens with one attached hydrogen (secondary N) is 2. The maximum absolute atomic E-state index is 12.5. The van der Waals surface area contributed by atoms with Crippen LogP contribution >= 0.6 is 0 Å². The van der Waals surface area contributed by atoms with Gasteiger partial charge in [0.1, 0.15) is 5.75 Å². The van der Waals surface area contributed by atoms with E-state index in [1.54, 1.807) is 6.07 Å². The molecule has 0 unspecified atom stereocenters. The Balaban J connectivity index is 1.36. The lowest BCUT2D eigenvalue weighted by molar-refractivity contribution is -0.274. The van der Waals surface area contributed by atoms with Gasteiger partial charge in [-0.3, -0.25) is 9.59 Å². The summed E-state index contributed by atoms with van der Waals surface area (Å²) in [7, 11) is 0. The van der Waals surface area contributed by atoms with Gasteiger partial charge in [0, 0.05) is 25.0 Å². The van der Waals surface area contributed by atoms with Crippen LogP contribution in [0.3, 0.4) is 0 Å². The Morgan fingerprint density at radius 1 is 1.06 bits per heavy atom. The highest BCUT2D eigenvalue weighted by Gasteiger charge is 2.32. The predicted octanol–water partition coefficient (Wildman–Crippen LogP) is 3.78. The zero-order valence-corrected chi connectivity index (χ0v) is 18.1. The average molecular weight is 456 g/mol. The van der Waals surface area contributed by atoms with Crippen molar-refractivity contribution in [3.63, 3.8) is 0 Å². The van der Waals surface area contributed by atoms with Gasteiger partial charge in [-0.25, -0.2) is 0 Å². The van der Waals surface area contributed by atoms with Gasteiger partial charge in [-0.1, -0.05) is 25.0 Å². The first-order valence-corrected chi connectivity index (χ1v) is 11.4. The summed E-state index contributed by atoms with van der Waals surface area (Å²) < 4.78 is 40.9. The molecule has 0 heterocycles. The second kappa shape index (κ2) is 11.0. The molecule has 3 rings (SSSR count). The van der Waals surface area contributed by atoms with E-state index in [0.29, 0.717) is 12.0 Å². The van der Waals surface area contributed by atoms with Gasteiger partial charge in [-0.15, -0.1) is 13.2 Å². The molecule has 0 saturated heterocycles. The van der Waals surface area contributed by atoms with Crippen LogP contribution in [-0.2, 0) is 16.1 Å². The number of hydrogen-bond donors (Lipinski definition) is 3. The molecule has 178 valence electrons. The van der Waals surface area contributed by atoms with Gasteiger partial charge in [0.15, 0.2) is 0 Å². The molecular formula is C23H32F3N3O3. The van der Waals surface area contributed by atoms with E-state index in [0.717, 1.165) is 51.4 Å². The van der Waals surface area contributed by atoms with Crippen LogP contribution in [-0.4, -0.2) is 30.3 Å². The Labute approximate surface area is 186 Å². The molecule has 1 aromatic rings. The zero-order valence-electron chi connectivity index (χ0n) is 18.1. The molecule has 1 aromatic carbocycles. The van der Waals surface area contributed by atoms with Crippen molar-refractivity contribution in [2.24, 2.45) is 17.6 Å². The second-order valence-electron chi connectivity index (χ2n) is 8.96. The molecule has 6 nitrogen and oxygen atoms in total. The number of amides is 2. The van der Waals surface area contributed by atoms with E-state index in [2.05, 4.69) is 15.4 Å². The number of carbonyl (C=O) groups is 2. The molecule has 2 atom stereocenters. The average Bonchev–Trinajstić information content (AvgIpc) is 2.73. The third kappa shape index (κ3) is 7.69. The van der Waals surface area contributed by atoms with Crippen molar-refractivity contribution in [2.75, 3.05) is 0 Å². The SMILES string of the molecule is N[C@@H]1CCCC[C@@H]1C(=O)N[C@H]1CC[C@@H](CC(=O)NCc2cccc(OC(F)(F)F)c2)CC1. The minimum Gasteiger partial charge on any atom is -0.406 e. The Morgan fingerprint density at radius 2 is 1.78 bits per heavy atom. The number of benzene rings is 1. The summed E-state index contributed by atoms with van der Waals surface area (Å²) in [4.78, 5) is 24.8. The summed E-state index contributed by atoms with van der Waals surface area (Å²) >= 11 is 0. The number of ether oxygens (including phenoxy) is 1. The van der Waals surface area contributed by atoms with Crippen molar-refractivity contribution in [1.29, 1.82) is 0 Å². The van der Waals surface area contributed by atoms with Crippen LogP contribution in [0.5, 0.6) is 5.75 Å². The number of alkyl halides is 3. The van der Waals surface area contributed by atoms with Crippen LogP contribution in [0.1, 0.15) is 63.4 Å². The van der Waals surface area contributed by atoms with Crippen LogP contribution in [0.15, 0.2) is 24.3 Å². The Bertz CT molecular complexity index is 779. The minimum absolute atomic E-state index is 0.0514. The Morgan fingerprint density at radius 3 is 2.47 bits per heavy atom. The highest BCUT2D eigenvalue weighted by atomic mass is 19.4. The van der Waals surface area contributed by atoms with Crippen LogP contribution in [0, 0.1) is 11.8 Å². The van der Waals surface area contributed by atoms with Crippen LogP contribution in [0.4, 0.5) is 13.2 Å². The van der Waals surface area contributed by atoms with E-state index in [4.69, 9.17) is 5.73 Å². The fourth-order valence-corrected chi connectivity index (χ4v) is 4.69. The van der Waals surface area contributed by atoms with Crippen molar-refractivity contribution in [1.82, 2.24) is 10.6 Å². The predicted molar refractivity (Wildman–Crippen MR) is 113 cm³/mol. The number of hydrogen-bond acceptors (Lipinski definition) is 4. The summed E-state index contributed by atoms with van der Waals surface area (Å²) in [5.41, 5.74) is 6.64. The highest BCUT2D eigenvalue weighted by Crippen LogP contribution is 2.29. The molecule has 0 bridgehead atoms. The molecule has 0 radical (unpaired) electrons. The molecule has 0 aromatic heterocycles. The van der Waals surface area contributed by atoms with E-state index in [1.807, 2.05) is 0 Å². The van der Waals surface area contributed by atoms with E-state index in [-0.39, 0.29) is 48.0 Å². The highest BCUT2D eigenvalue weighted by molar-refractivity contribution is 5.79. The first-order valence-electron chi connectivity index (χ1n) is 11.4. The first-order chi connectivity index (χ1) is 15.2. The number of carbonyl (C=O) groups excluding carboxylic acids is 2. The van der Waals surface area contributed by atoms with Gasteiger partial charge in [-0.05, 0) is 62.1 Å². The molecule has 0 spiro atoms. The van der Waals surface area contributed by atoms with Crippen molar-refractivity contribution in [3.8, 4) is 5.75 Å². The normalized spacial score (nSPS) is 26.2. The molecule has 9 heteroatoms. The molecule has 32 heavy (non-hydrogen) atoms. The lowest BCUT2D eigenvalue weighted by atomic mass is 9.82. The molecule has 2 saturated carbocycles. The molecule has 2 aliphatic carbocycles. The summed E-state index contributed by atoms with van der Waals surface area (Å²) in [6.45, 7) is 0.140. The molecular weight excluding hydrogens is 423 g/mol. The summed E-state index contributed by atoms with van der Waals surface area (Å²) in [6.07, 6.45) is 2.89. The van der Waals surface area contributed by atoms with Crippen molar-refractivity contribution in [3.05, 3.63) is 29.8 Å². The van der Waals surface area contributed by atoms with Gasteiger partial charge in [0.25, 0.3) is 0 Å². The molecule has 4 N–H and O–H groups in total. The van der Waals surface area contributed by atoms with E-state index in [1.165, 1.54) is 18.2 Å². The van der Waals surface area contributed by atoms with E-state index in [9.17, 15) is 22.8 Å². The van der Waals surface area contributed by atoms with Crippen LogP contribution in [0.25, 0.3) is 0 Å². The van der Waals surface area contributed by atoms with Crippen molar-refractivity contribution < 1.29 is 27.5 Å². The Kier molecular flexibility index (Phi) is 8.39. The van der Waals surface area contributed by atoms with Gasteiger partial charge < -0.3 is 21.1 Å². The standard InChI is InChI=1S/C23H32F3N3O3/c24-23(25,26)32-18-5-3-4-16(12-18)14-28-21(30)13-15-8-10-17(11-9-15)29-22(31)19-6-1-2-7-20(19)27/h3-5,12,15,17,19-20H,1-2,6-11,13-14,27H2,(H,28,30)(H,29,31)/t15-,17+,19-,20+/m0/s1. The van der Waals surface area contributed by atoms with E-state index < -0.39 is 6.36 Å². The fraction of sp³-hybridized carbons (Fsp3) is 0.652. The number of nitrogens with two attached hydrogens (primary N) is 1. The third-order valence-corrected chi connectivity index (χ3v) is 6.45. The monoisotopic (exact) mass is 455 g/mol. The number of rotatable bonds is 7. The van der Waals surface area contributed by atoms with Gasteiger partial charge in [0.05, 0.1) is 5.92 Å². The second-order valence-corrected chi connectivity index (χ2v) is 8.96. The fourth-order valence-electron chi connectivity index (χ4n) is 4.69. The topological polar surface area (TPSA) is 93.5 Å². The lowest BCUT2D eigenvalue weighted by Crippen LogP contribution is -2.47. The van der Waals surface area contributed by atoms with Gasteiger partial charge in [-0.2, -0.15) is 0 Å². The zero-order chi connectivity index (χ0) is 23.1.